The highest BCUT2D eigenvalue weighted by Crippen LogP contribution is 2.18. The molecule has 5 nitrogen and oxygen atoms in total. The van der Waals surface area contributed by atoms with Gasteiger partial charge in [0.05, 0.1) is 18.5 Å². The average molecular weight is 269 g/mol. The van der Waals surface area contributed by atoms with E-state index >= 15 is 0 Å². The summed E-state index contributed by atoms with van der Waals surface area (Å²) in [5.74, 6) is 2.07. The Morgan fingerprint density at radius 1 is 1.72 bits per heavy atom. The summed E-state index contributed by atoms with van der Waals surface area (Å²) in [5.41, 5.74) is 1.46. The summed E-state index contributed by atoms with van der Waals surface area (Å²) in [4.78, 5) is 11.8. The number of aromatic nitrogens is 2. The predicted octanol–water partition coefficient (Wildman–Crippen LogP) is 1.19. The minimum absolute atomic E-state index is 0.289. The fourth-order valence-corrected chi connectivity index (χ4v) is 3.18. The number of carbonyl (C=O) groups excluding carboxylic acids is 1. The van der Waals surface area contributed by atoms with Gasteiger partial charge in [0.1, 0.15) is 5.56 Å². The van der Waals surface area contributed by atoms with Gasteiger partial charge in [-0.05, 0) is 19.1 Å². The normalized spacial score (nSPS) is 19.1. The molecule has 1 saturated heterocycles. The van der Waals surface area contributed by atoms with Crippen LogP contribution >= 0.6 is 11.8 Å². The third-order valence-electron chi connectivity index (χ3n) is 3.04. The van der Waals surface area contributed by atoms with E-state index in [9.17, 15) is 4.79 Å². The van der Waals surface area contributed by atoms with Crippen molar-refractivity contribution in [3.63, 3.8) is 0 Å². The third kappa shape index (κ3) is 3.05. The first-order valence-electron chi connectivity index (χ1n) is 6.21. The highest BCUT2D eigenvalue weighted by Gasteiger charge is 2.19. The van der Waals surface area contributed by atoms with Crippen LogP contribution in [0.1, 0.15) is 29.4 Å². The number of thioether (sulfide) groups is 1. The highest BCUT2D eigenvalue weighted by molar-refractivity contribution is 7.99. The number of hydrogen-bond acceptors (Lipinski definition) is 5. The van der Waals surface area contributed by atoms with Crippen molar-refractivity contribution >= 4 is 17.7 Å². The van der Waals surface area contributed by atoms with Crippen molar-refractivity contribution in [3.05, 3.63) is 17.5 Å². The first kappa shape index (κ1) is 13.4. The van der Waals surface area contributed by atoms with Crippen LogP contribution in [-0.4, -0.2) is 39.9 Å². The minimum atomic E-state index is -0.289. The lowest BCUT2D eigenvalue weighted by Gasteiger charge is -2.12. The van der Waals surface area contributed by atoms with E-state index in [1.807, 2.05) is 25.7 Å². The molecule has 1 aliphatic heterocycles. The number of rotatable bonds is 5. The molecule has 100 valence electrons. The molecule has 0 bridgehead atoms. The van der Waals surface area contributed by atoms with Crippen molar-refractivity contribution in [2.45, 2.75) is 25.9 Å². The fourth-order valence-electron chi connectivity index (χ4n) is 1.99. The first-order valence-corrected chi connectivity index (χ1v) is 7.37. The van der Waals surface area contributed by atoms with E-state index in [0.29, 0.717) is 24.8 Å². The number of hydrogen-bond donors (Lipinski definition) is 1. The van der Waals surface area contributed by atoms with E-state index in [1.165, 1.54) is 12.2 Å². The molecule has 1 aromatic heterocycles. The third-order valence-corrected chi connectivity index (χ3v) is 4.21. The van der Waals surface area contributed by atoms with E-state index in [-0.39, 0.29) is 5.97 Å². The monoisotopic (exact) mass is 269 g/mol. The molecule has 1 aromatic rings. The Bertz CT molecular complexity index is 413. The van der Waals surface area contributed by atoms with Gasteiger partial charge >= 0.3 is 5.97 Å². The maximum absolute atomic E-state index is 11.8. The van der Waals surface area contributed by atoms with Gasteiger partial charge in [-0.1, -0.05) is 0 Å². The van der Waals surface area contributed by atoms with Gasteiger partial charge in [0, 0.05) is 25.4 Å². The molecule has 0 aromatic carbocycles. The number of aryl methyl sites for hydroxylation is 1. The van der Waals surface area contributed by atoms with Crippen LogP contribution in [0.4, 0.5) is 0 Å². The molecular formula is C12H19N3O2S. The Morgan fingerprint density at radius 2 is 2.56 bits per heavy atom. The van der Waals surface area contributed by atoms with Gasteiger partial charge < -0.3 is 10.1 Å². The lowest BCUT2D eigenvalue weighted by atomic mass is 10.2. The summed E-state index contributed by atoms with van der Waals surface area (Å²) in [7, 11) is 1.85. The number of nitrogens with zero attached hydrogens (tertiary/aromatic N) is 2. The van der Waals surface area contributed by atoms with E-state index in [4.69, 9.17) is 4.74 Å². The number of nitrogens with one attached hydrogen (secondary N) is 1. The van der Waals surface area contributed by atoms with Crippen LogP contribution in [0.25, 0.3) is 0 Å². The summed E-state index contributed by atoms with van der Waals surface area (Å²) in [6.45, 7) is 2.86. The van der Waals surface area contributed by atoms with Gasteiger partial charge in [-0.3, -0.25) is 4.68 Å². The first-order chi connectivity index (χ1) is 8.72. The van der Waals surface area contributed by atoms with Crippen LogP contribution in [0, 0.1) is 0 Å². The van der Waals surface area contributed by atoms with E-state index in [0.717, 1.165) is 11.4 Å². The average Bonchev–Trinajstić information content (AvgIpc) is 2.96. The van der Waals surface area contributed by atoms with Gasteiger partial charge in [0.2, 0.25) is 0 Å². The van der Waals surface area contributed by atoms with Crippen LogP contribution in [0.5, 0.6) is 0 Å². The summed E-state index contributed by atoms with van der Waals surface area (Å²) in [6, 6.07) is 0.542. The van der Waals surface area contributed by atoms with Crippen molar-refractivity contribution in [3.8, 4) is 0 Å². The maximum Gasteiger partial charge on any atom is 0.341 e. The lowest BCUT2D eigenvalue weighted by Crippen LogP contribution is -2.29. The summed E-state index contributed by atoms with van der Waals surface area (Å²) in [6.07, 6.45) is 2.77. The summed E-state index contributed by atoms with van der Waals surface area (Å²) in [5, 5.41) is 7.61. The molecular weight excluding hydrogens is 250 g/mol. The molecule has 1 aliphatic rings. The molecule has 0 spiro atoms. The zero-order valence-corrected chi connectivity index (χ0v) is 11.6. The molecule has 1 unspecified atom stereocenters. The molecule has 2 rings (SSSR count). The van der Waals surface area contributed by atoms with Crippen molar-refractivity contribution in [1.29, 1.82) is 0 Å². The SMILES string of the molecule is CCOC(=O)c1cnn(C)c1CNC1CCSC1. The number of ether oxygens (including phenoxy) is 1. The molecule has 0 radical (unpaired) electrons. The minimum Gasteiger partial charge on any atom is -0.462 e. The number of esters is 1. The topological polar surface area (TPSA) is 56.1 Å². The van der Waals surface area contributed by atoms with Gasteiger partial charge in [-0.2, -0.15) is 16.9 Å². The molecule has 18 heavy (non-hydrogen) atoms. The Labute approximate surface area is 111 Å². The Balaban J connectivity index is 2.01. The molecule has 0 aliphatic carbocycles. The zero-order chi connectivity index (χ0) is 13.0. The lowest BCUT2D eigenvalue weighted by molar-refractivity contribution is 0.0524. The second-order valence-corrected chi connectivity index (χ2v) is 5.44. The van der Waals surface area contributed by atoms with Crippen molar-refractivity contribution in [2.75, 3.05) is 18.1 Å². The number of carbonyl (C=O) groups is 1. The van der Waals surface area contributed by atoms with Gasteiger partial charge in [-0.25, -0.2) is 4.79 Å². The van der Waals surface area contributed by atoms with E-state index in [2.05, 4.69) is 10.4 Å². The predicted molar refractivity (Wildman–Crippen MR) is 71.7 cm³/mol. The Kier molecular flexibility index (Phi) is 4.66. The zero-order valence-electron chi connectivity index (χ0n) is 10.8. The Hall–Kier alpha value is -1.01. The van der Waals surface area contributed by atoms with Crippen molar-refractivity contribution in [2.24, 2.45) is 7.05 Å². The molecule has 0 saturated carbocycles. The largest absolute Gasteiger partial charge is 0.462 e. The molecule has 1 fully saturated rings. The standard InChI is InChI=1S/C12H19N3O2S/c1-3-17-12(16)10-6-14-15(2)11(10)7-13-9-4-5-18-8-9/h6,9,13H,3-5,7-8H2,1-2H3. The maximum atomic E-state index is 11.8. The molecule has 1 atom stereocenters. The summed E-state index contributed by atoms with van der Waals surface area (Å²) < 4.78 is 6.77. The van der Waals surface area contributed by atoms with Gasteiger partial charge in [-0.15, -0.1) is 0 Å². The highest BCUT2D eigenvalue weighted by atomic mass is 32.2. The van der Waals surface area contributed by atoms with Gasteiger partial charge in [0.25, 0.3) is 0 Å². The smallest absolute Gasteiger partial charge is 0.341 e. The molecule has 2 heterocycles. The van der Waals surface area contributed by atoms with Crippen molar-refractivity contribution < 1.29 is 9.53 Å². The second-order valence-electron chi connectivity index (χ2n) is 4.29. The van der Waals surface area contributed by atoms with E-state index in [1.54, 1.807) is 10.9 Å². The van der Waals surface area contributed by atoms with Crippen LogP contribution in [0.3, 0.4) is 0 Å². The van der Waals surface area contributed by atoms with Gasteiger partial charge in [0.15, 0.2) is 0 Å². The van der Waals surface area contributed by atoms with Crippen LogP contribution in [0.2, 0.25) is 0 Å². The van der Waals surface area contributed by atoms with Crippen LogP contribution in [-0.2, 0) is 18.3 Å². The molecule has 1 N–H and O–H groups in total. The quantitative estimate of drug-likeness (QED) is 0.814. The Morgan fingerprint density at radius 3 is 3.22 bits per heavy atom. The molecule has 0 amide bonds. The van der Waals surface area contributed by atoms with Crippen molar-refractivity contribution in [1.82, 2.24) is 15.1 Å². The molecule has 6 heteroatoms. The fraction of sp³-hybridized carbons (Fsp3) is 0.667. The van der Waals surface area contributed by atoms with Crippen LogP contribution < -0.4 is 5.32 Å². The van der Waals surface area contributed by atoms with E-state index < -0.39 is 0 Å². The second kappa shape index (κ2) is 6.24. The summed E-state index contributed by atoms with van der Waals surface area (Å²) >= 11 is 1.97. The van der Waals surface area contributed by atoms with Crippen LogP contribution in [0.15, 0.2) is 6.20 Å².